The van der Waals surface area contributed by atoms with Crippen LogP contribution < -0.4 is 10.1 Å². The summed E-state index contributed by atoms with van der Waals surface area (Å²) >= 11 is 3.01. The van der Waals surface area contributed by atoms with Gasteiger partial charge in [0.15, 0.2) is 5.75 Å². The highest BCUT2D eigenvalue weighted by molar-refractivity contribution is 9.10. The van der Waals surface area contributed by atoms with Crippen LogP contribution in [0.4, 0.5) is 10.1 Å². The molecule has 19 heavy (non-hydrogen) atoms. The van der Waals surface area contributed by atoms with E-state index in [1.54, 1.807) is 0 Å². The summed E-state index contributed by atoms with van der Waals surface area (Å²) in [6.07, 6.45) is 1.68. The summed E-state index contributed by atoms with van der Waals surface area (Å²) in [6.45, 7) is 0.912. The molecule has 1 aromatic carbocycles. The molecule has 1 fully saturated rings. The molecule has 104 valence electrons. The normalized spacial score (nSPS) is 21.8. The molecule has 0 heterocycles. The van der Waals surface area contributed by atoms with Crippen LogP contribution in [0.3, 0.4) is 0 Å². The van der Waals surface area contributed by atoms with Crippen molar-refractivity contribution < 1.29 is 14.1 Å². The van der Waals surface area contributed by atoms with Crippen LogP contribution in [-0.2, 0) is 0 Å². The van der Waals surface area contributed by atoms with E-state index in [0.29, 0.717) is 5.92 Å². The Morgan fingerprint density at radius 1 is 1.58 bits per heavy atom. The molecule has 0 aliphatic heterocycles. The van der Waals surface area contributed by atoms with Crippen LogP contribution in [-0.4, -0.2) is 24.6 Å². The number of rotatable bonds is 5. The van der Waals surface area contributed by atoms with E-state index in [1.165, 1.54) is 6.07 Å². The molecule has 1 aromatic rings. The lowest BCUT2D eigenvalue weighted by Crippen LogP contribution is -2.38. The molecule has 1 aliphatic rings. The molecular weight excluding hydrogens is 319 g/mol. The van der Waals surface area contributed by atoms with Crippen molar-refractivity contribution >= 4 is 21.6 Å². The maximum absolute atomic E-state index is 13.3. The van der Waals surface area contributed by atoms with Gasteiger partial charge in [-0.25, -0.2) is 4.39 Å². The van der Waals surface area contributed by atoms with Crippen LogP contribution in [0.5, 0.6) is 5.75 Å². The van der Waals surface area contributed by atoms with Gasteiger partial charge >= 0.3 is 5.69 Å². The zero-order valence-electron chi connectivity index (χ0n) is 10.4. The van der Waals surface area contributed by atoms with Crippen LogP contribution in [0, 0.1) is 21.8 Å². The third-order valence-electron chi connectivity index (χ3n) is 3.18. The third-order valence-corrected chi connectivity index (χ3v) is 3.79. The van der Waals surface area contributed by atoms with Gasteiger partial charge in [0.25, 0.3) is 0 Å². The highest BCUT2D eigenvalue weighted by atomic mass is 79.9. The fraction of sp³-hybridized carbons (Fsp3) is 0.500. The topological polar surface area (TPSA) is 64.4 Å². The Bertz CT molecular complexity index is 492. The Morgan fingerprint density at radius 3 is 2.84 bits per heavy atom. The lowest BCUT2D eigenvalue weighted by atomic mass is 9.82. The molecule has 1 N–H and O–H groups in total. The van der Waals surface area contributed by atoms with Gasteiger partial charge in [0.1, 0.15) is 5.82 Å². The van der Waals surface area contributed by atoms with Gasteiger partial charge in [-0.05, 0) is 48.3 Å². The molecule has 7 heteroatoms. The average Bonchev–Trinajstić information content (AvgIpc) is 2.30. The van der Waals surface area contributed by atoms with E-state index >= 15 is 0 Å². The van der Waals surface area contributed by atoms with E-state index in [-0.39, 0.29) is 22.0 Å². The zero-order chi connectivity index (χ0) is 14.0. The van der Waals surface area contributed by atoms with Crippen molar-refractivity contribution in [2.24, 2.45) is 5.92 Å². The van der Waals surface area contributed by atoms with Crippen molar-refractivity contribution in [3.63, 3.8) is 0 Å². The van der Waals surface area contributed by atoms with Crippen molar-refractivity contribution in [3.05, 3.63) is 32.5 Å². The predicted octanol–water partition coefficient (Wildman–Crippen LogP) is 2.87. The fourth-order valence-electron chi connectivity index (χ4n) is 2.16. The minimum absolute atomic E-state index is 0.0330. The predicted molar refractivity (Wildman–Crippen MR) is 71.8 cm³/mol. The number of hydrogen-bond acceptors (Lipinski definition) is 4. The Kier molecular flexibility index (Phi) is 4.36. The standard InChI is InChI=1S/C12H14BrFN2O3/c1-15-6-7-2-8(3-7)19-12-4-9(13)10(14)5-11(12)16(17)18/h4-5,7-8,15H,2-3,6H2,1H3. The van der Waals surface area contributed by atoms with Gasteiger partial charge < -0.3 is 10.1 Å². The highest BCUT2D eigenvalue weighted by Crippen LogP contribution is 2.37. The number of nitrogens with zero attached hydrogens (tertiary/aromatic N) is 1. The monoisotopic (exact) mass is 332 g/mol. The van der Waals surface area contributed by atoms with E-state index in [2.05, 4.69) is 21.2 Å². The van der Waals surface area contributed by atoms with Crippen molar-refractivity contribution in [2.75, 3.05) is 13.6 Å². The maximum Gasteiger partial charge on any atom is 0.313 e. The summed E-state index contributed by atoms with van der Waals surface area (Å²) in [5.41, 5.74) is -0.335. The molecule has 5 nitrogen and oxygen atoms in total. The Labute approximate surface area is 118 Å². The van der Waals surface area contributed by atoms with Crippen LogP contribution in [0.15, 0.2) is 16.6 Å². The van der Waals surface area contributed by atoms with Crippen LogP contribution in [0.2, 0.25) is 0 Å². The quantitative estimate of drug-likeness (QED) is 0.665. The van der Waals surface area contributed by atoms with Gasteiger partial charge in [0.05, 0.1) is 21.6 Å². The summed E-state index contributed by atoms with van der Waals surface area (Å²) in [4.78, 5) is 10.2. The van der Waals surface area contributed by atoms with Gasteiger partial charge in [-0.15, -0.1) is 0 Å². The van der Waals surface area contributed by atoms with Crippen molar-refractivity contribution in [1.82, 2.24) is 5.32 Å². The van der Waals surface area contributed by atoms with Crippen LogP contribution in [0.1, 0.15) is 12.8 Å². The first-order chi connectivity index (χ1) is 9.01. The summed E-state index contributed by atoms with van der Waals surface area (Å²) < 4.78 is 19.1. The molecule has 0 aromatic heterocycles. The minimum atomic E-state index is -0.666. The molecule has 0 unspecified atom stereocenters. The summed E-state index contributed by atoms with van der Waals surface area (Å²) in [5, 5.41) is 14.0. The number of halogens is 2. The molecule has 0 saturated heterocycles. The number of nitrogens with one attached hydrogen (secondary N) is 1. The maximum atomic E-state index is 13.3. The fourth-order valence-corrected chi connectivity index (χ4v) is 2.48. The van der Waals surface area contributed by atoms with Crippen molar-refractivity contribution in [1.29, 1.82) is 0 Å². The largest absolute Gasteiger partial charge is 0.483 e. The number of ether oxygens (including phenoxy) is 1. The summed E-state index contributed by atoms with van der Waals surface area (Å²) in [6, 6.07) is 2.20. The van der Waals surface area contributed by atoms with Crippen molar-refractivity contribution in [3.8, 4) is 5.75 Å². The van der Waals surface area contributed by atoms with Gasteiger partial charge in [-0.3, -0.25) is 10.1 Å². The molecule has 0 spiro atoms. The third kappa shape index (κ3) is 3.22. The van der Waals surface area contributed by atoms with Gasteiger partial charge in [-0.1, -0.05) is 0 Å². The van der Waals surface area contributed by atoms with Crippen LogP contribution in [0.25, 0.3) is 0 Å². The molecule has 0 amide bonds. The number of hydrogen-bond donors (Lipinski definition) is 1. The van der Waals surface area contributed by atoms with E-state index in [0.717, 1.165) is 25.5 Å². The Balaban J connectivity index is 2.08. The zero-order valence-corrected chi connectivity index (χ0v) is 11.9. The molecule has 0 radical (unpaired) electrons. The molecule has 0 atom stereocenters. The van der Waals surface area contributed by atoms with E-state index < -0.39 is 10.7 Å². The second-order valence-electron chi connectivity index (χ2n) is 4.63. The highest BCUT2D eigenvalue weighted by Gasteiger charge is 2.32. The molecule has 0 bridgehead atoms. The summed E-state index contributed by atoms with van der Waals surface area (Å²) in [5.74, 6) is -0.00940. The van der Waals surface area contributed by atoms with Crippen LogP contribution >= 0.6 is 15.9 Å². The minimum Gasteiger partial charge on any atom is -0.483 e. The summed E-state index contributed by atoms with van der Waals surface area (Å²) in [7, 11) is 1.89. The smallest absolute Gasteiger partial charge is 0.313 e. The number of benzene rings is 1. The second-order valence-corrected chi connectivity index (χ2v) is 5.48. The van der Waals surface area contributed by atoms with Gasteiger partial charge in [0, 0.05) is 6.07 Å². The van der Waals surface area contributed by atoms with Crippen molar-refractivity contribution in [2.45, 2.75) is 18.9 Å². The molecule has 1 saturated carbocycles. The molecule has 2 rings (SSSR count). The lowest BCUT2D eigenvalue weighted by Gasteiger charge is -2.35. The first-order valence-electron chi connectivity index (χ1n) is 5.96. The average molecular weight is 333 g/mol. The van der Waals surface area contributed by atoms with E-state index in [4.69, 9.17) is 4.74 Å². The molecule has 1 aliphatic carbocycles. The first-order valence-corrected chi connectivity index (χ1v) is 6.75. The Hall–Kier alpha value is -1.21. The number of nitro groups is 1. The second kappa shape index (κ2) is 5.83. The van der Waals surface area contributed by atoms with Gasteiger partial charge in [-0.2, -0.15) is 0 Å². The lowest BCUT2D eigenvalue weighted by molar-refractivity contribution is -0.386. The first kappa shape index (κ1) is 14.2. The van der Waals surface area contributed by atoms with E-state index in [9.17, 15) is 14.5 Å². The van der Waals surface area contributed by atoms with Gasteiger partial charge in [0.2, 0.25) is 0 Å². The van der Waals surface area contributed by atoms with E-state index in [1.807, 2.05) is 7.05 Å². The molecular formula is C12H14BrFN2O3. The number of nitro benzene ring substituents is 1. The SMILES string of the molecule is CNCC1CC(Oc2cc(Br)c(F)cc2[N+](=O)[O-])C1. The Morgan fingerprint density at radius 2 is 2.26 bits per heavy atom.